The van der Waals surface area contributed by atoms with Gasteiger partial charge in [-0.3, -0.25) is 0 Å². The molecule has 0 aliphatic heterocycles. The van der Waals surface area contributed by atoms with E-state index < -0.39 is 0 Å². The first-order chi connectivity index (χ1) is 17.4. The van der Waals surface area contributed by atoms with Gasteiger partial charge in [0.15, 0.2) is 5.15 Å². The van der Waals surface area contributed by atoms with E-state index in [1.54, 1.807) is 0 Å². The van der Waals surface area contributed by atoms with E-state index in [2.05, 4.69) is 37.9 Å². The van der Waals surface area contributed by atoms with Gasteiger partial charge in [0.1, 0.15) is 5.75 Å². The number of aryl methyl sites for hydroxylation is 1. The maximum Gasteiger partial charge on any atom is 0.231 e. The van der Waals surface area contributed by atoms with Crippen molar-refractivity contribution in [1.29, 1.82) is 0 Å². The Balaban J connectivity index is 0.000000256. The number of unbranched alkanes of at least 4 members (excludes halogenated alkanes) is 4. The number of quaternary nitrogens is 1. The summed E-state index contributed by atoms with van der Waals surface area (Å²) in [5.74, 6) is 0.870. The largest absolute Gasteiger partial charge is 0.869 e. The lowest BCUT2D eigenvalue weighted by molar-refractivity contribution is -0.929. The molecule has 0 N–H and O–H groups in total. The van der Waals surface area contributed by atoms with Crippen molar-refractivity contribution in [2.75, 3.05) is 26.2 Å². The monoisotopic (exact) mass is 517 g/mol. The lowest BCUT2D eigenvalue weighted by atomic mass is 10.1. The smallest absolute Gasteiger partial charge is 0.231 e. The summed E-state index contributed by atoms with van der Waals surface area (Å²) in [4.78, 5) is 0. The number of nitrogens with zero attached hydrogens (tertiary/aromatic N) is 3. The van der Waals surface area contributed by atoms with Gasteiger partial charge in [0.25, 0.3) is 0 Å². The number of para-hydroxylation sites is 1. The number of ether oxygens (including phenoxy) is 1. The normalized spacial score (nSPS) is 13.3. The maximum atomic E-state index is 11.7. The van der Waals surface area contributed by atoms with Gasteiger partial charge in [0.05, 0.1) is 26.2 Å². The minimum Gasteiger partial charge on any atom is -0.869 e. The molecule has 2 aromatic rings. The summed E-state index contributed by atoms with van der Waals surface area (Å²) >= 11 is 5.61. The average Bonchev–Trinajstić information content (AvgIpc) is 3.72. The molecule has 5 nitrogen and oxygen atoms in total. The Morgan fingerprint density at radius 1 is 0.889 bits per heavy atom. The second-order valence-corrected chi connectivity index (χ2v) is 10.7. The number of halogens is 1. The third kappa shape index (κ3) is 9.89. The van der Waals surface area contributed by atoms with Crippen LogP contribution < -0.4 is 9.84 Å². The van der Waals surface area contributed by atoms with Crippen molar-refractivity contribution < 1.29 is 14.3 Å². The highest BCUT2D eigenvalue weighted by Crippen LogP contribution is 2.46. The number of aromatic nitrogens is 2. The molecule has 202 valence electrons. The Hall–Kier alpha value is -1.85. The fourth-order valence-corrected chi connectivity index (χ4v) is 4.82. The summed E-state index contributed by atoms with van der Waals surface area (Å²) in [5.41, 5.74) is 2.12. The summed E-state index contributed by atoms with van der Waals surface area (Å²) in [5, 5.41) is 19.2. The van der Waals surface area contributed by atoms with Crippen LogP contribution in [0, 0.1) is 6.92 Å². The standard InChI is InChI=1S/C16H36N.C14H13ClN2O2/c1-5-9-13-17(14-10-6-2,15-11-7-3)16-12-8-4;1-8-3-2-4-10(9-5-6-9)13(8)19-14-11(18)7-12(15)16-17-14/h5-16H2,1-4H3;2-4,7,9H,5-6H2,1H3,(H,16,18)/q+1;/p-1. The molecule has 0 saturated heterocycles. The van der Waals surface area contributed by atoms with Crippen molar-refractivity contribution in [2.45, 2.75) is 105 Å². The van der Waals surface area contributed by atoms with E-state index in [4.69, 9.17) is 16.3 Å². The molecule has 0 spiro atoms. The summed E-state index contributed by atoms with van der Waals surface area (Å²) in [6.45, 7) is 17.0. The molecule has 1 aromatic carbocycles. The van der Waals surface area contributed by atoms with Crippen molar-refractivity contribution in [3.63, 3.8) is 0 Å². The van der Waals surface area contributed by atoms with Gasteiger partial charge in [-0.05, 0) is 74.3 Å². The fourth-order valence-electron chi connectivity index (χ4n) is 4.68. The topological polar surface area (TPSA) is 58.1 Å². The van der Waals surface area contributed by atoms with Crippen molar-refractivity contribution in [3.8, 4) is 17.4 Å². The molecule has 0 amide bonds. The fraction of sp³-hybridized carbons (Fsp3) is 0.667. The lowest BCUT2D eigenvalue weighted by Crippen LogP contribution is -2.50. The van der Waals surface area contributed by atoms with Crippen LogP contribution in [-0.4, -0.2) is 40.9 Å². The molecule has 0 atom stereocenters. The lowest BCUT2D eigenvalue weighted by Gasteiger charge is -2.39. The molecule has 3 rings (SSSR count). The number of benzene rings is 1. The van der Waals surface area contributed by atoms with E-state index in [0.717, 1.165) is 29.7 Å². The summed E-state index contributed by atoms with van der Waals surface area (Å²) < 4.78 is 7.10. The molecule has 6 heteroatoms. The Morgan fingerprint density at radius 2 is 1.42 bits per heavy atom. The maximum absolute atomic E-state index is 11.7. The quantitative estimate of drug-likeness (QED) is 0.223. The SMILES string of the molecule is CCCC[N+](CCCC)(CCCC)CCCC.Cc1cccc(C2CC2)c1Oc1nnc(Cl)cc1[O-]. The first kappa shape index (κ1) is 30.4. The van der Waals surface area contributed by atoms with Gasteiger partial charge in [-0.1, -0.05) is 83.2 Å². The van der Waals surface area contributed by atoms with E-state index in [1.165, 1.54) is 88.1 Å². The third-order valence-corrected chi connectivity index (χ3v) is 7.28. The van der Waals surface area contributed by atoms with Gasteiger partial charge in [-0.2, -0.15) is 0 Å². The van der Waals surface area contributed by atoms with E-state index >= 15 is 0 Å². The van der Waals surface area contributed by atoms with Crippen molar-refractivity contribution >= 4 is 11.6 Å². The summed E-state index contributed by atoms with van der Waals surface area (Å²) in [7, 11) is 0. The zero-order valence-corrected chi connectivity index (χ0v) is 24.1. The highest BCUT2D eigenvalue weighted by molar-refractivity contribution is 6.29. The summed E-state index contributed by atoms with van der Waals surface area (Å²) in [6.07, 6.45) is 13.4. The summed E-state index contributed by atoms with van der Waals surface area (Å²) in [6, 6.07) is 7.20. The van der Waals surface area contributed by atoms with Crippen LogP contribution in [0.25, 0.3) is 0 Å². The highest BCUT2D eigenvalue weighted by atomic mass is 35.5. The van der Waals surface area contributed by atoms with Gasteiger partial charge in [0, 0.05) is 0 Å². The average molecular weight is 518 g/mol. The first-order valence-corrected chi connectivity index (χ1v) is 14.6. The molecule has 1 saturated carbocycles. The van der Waals surface area contributed by atoms with E-state index in [1.807, 2.05) is 25.1 Å². The molecule has 1 aliphatic carbocycles. The molecule has 0 unspecified atom stereocenters. The minimum absolute atomic E-state index is 0.0272. The van der Waals surface area contributed by atoms with Crippen molar-refractivity contribution in [3.05, 3.63) is 40.5 Å². The van der Waals surface area contributed by atoms with Gasteiger partial charge >= 0.3 is 0 Å². The highest BCUT2D eigenvalue weighted by Gasteiger charge is 2.28. The Morgan fingerprint density at radius 3 is 1.86 bits per heavy atom. The van der Waals surface area contributed by atoms with Crippen molar-refractivity contribution in [1.82, 2.24) is 10.2 Å². The van der Waals surface area contributed by atoms with Crippen LogP contribution in [-0.2, 0) is 0 Å². The molecular weight excluding hydrogens is 470 g/mol. The van der Waals surface area contributed by atoms with E-state index in [-0.39, 0.29) is 16.8 Å². The molecule has 1 fully saturated rings. The molecule has 1 aromatic heterocycles. The van der Waals surface area contributed by atoms with Crippen LogP contribution in [0.15, 0.2) is 24.3 Å². The Bertz CT molecular complexity index is 864. The van der Waals surface area contributed by atoms with Crippen LogP contribution >= 0.6 is 11.6 Å². The Kier molecular flexibility index (Phi) is 13.6. The predicted octanol–water partition coefficient (Wildman–Crippen LogP) is 8.19. The van der Waals surface area contributed by atoms with Gasteiger partial charge in [0.2, 0.25) is 5.88 Å². The molecule has 0 bridgehead atoms. The van der Waals surface area contributed by atoms with Gasteiger partial charge in [-0.15, -0.1) is 10.2 Å². The van der Waals surface area contributed by atoms with Crippen LogP contribution in [0.2, 0.25) is 5.15 Å². The number of hydrogen-bond donors (Lipinski definition) is 0. The van der Waals surface area contributed by atoms with Gasteiger partial charge < -0.3 is 14.3 Å². The molecule has 0 radical (unpaired) electrons. The minimum atomic E-state index is -0.356. The number of hydrogen-bond acceptors (Lipinski definition) is 4. The third-order valence-electron chi connectivity index (χ3n) is 7.10. The van der Waals surface area contributed by atoms with Crippen LogP contribution in [0.1, 0.15) is 109 Å². The van der Waals surface area contributed by atoms with E-state index in [9.17, 15) is 5.11 Å². The second kappa shape index (κ2) is 16.1. The van der Waals surface area contributed by atoms with Gasteiger partial charge in [-0.25, -0.2) is 0 Å². The van der Waals surface area contributed by atoms with Crippen LogP contribution in [0.3, 0.4) is 0 Å². The second-order valence-electron chi connectivity index (χ2n) is 10.4. The molecule has 1 heterocycles. The molecular formula is C30H48ClN3O2. The van der Waals surface area contributed by atoms with E-state index in [0.29, 0.717) is 5.92 Å². The van der Waals surface area contributed by atoms with Crippen LogP contribution in [0.5, 0.6) is 17.4 Å². The predicted molar refractivity (Wildman–Crippen MR) is 149 cm³/mol. The number of rotatable bonds is 15. The first-order valence-electron chi connectivity index (χ1n) is 14.2. The van der Waals surface area contributed by atoms with Crippen molar-refractivity contribution in [2.24, 2.45) is 0 Å². The van der Waals surface area contributed by atoms with Crippen LogP contribution in [0.4, 0.5) is 0 Å². The molecule has 1 aliphatic rings. The molecule has 36 heavy (non-hydrogen) atoms. The Labute approximate surface area is 224 Å². The zero-order valence-electron chi connectivity index (χ0n) is 23.3. The zero-order chi connectivity index (χ0) is 26.4.